The molecule has 210 valence electrons. The maximum atomic E-state index is 15.8. The van der Waals surface area contributed by atoms with E-state index < -0.39 is 18.6 Å². The lowest BCUT2D eigenvalue weighted by atomic mass is 9.69. The molecule has 2 fully saturated rings. The molecule has 2 nitrogen and oxygen atoms in total. The molecule has 0 N–H and O–H groups in total. The first-order valence-electron chi connectivity index (χ1n) is 17.3. The topological polar surface area (TPSA) is 17.0 Å². The molecule has 0 unspecified atom stereocenters. The summed E-state index contributed by atoms with van der Waals surface area (Å²) >= 11 is 0. The lowest BCUT2D eigenvalue weighted by Crippen LogP contribution is -2.30. The quantitative estimate of drug-likeness (QED) is 0.203. The summed E-state index contributed by atoms with van der Waals surface area (Å²) in [5.74, 6) is -0.0584. The van der Waals surface area contributed by atoms with Crippen molar-refractivity contribution in [3.8, 4) is 22.4 Å². The van der Waals surface area contributed by atoms with Crippen molar-refractivity contribution in [1.29, 1.82) is 0 Å². The third kappa shape index (κ3) is 4.68. The van der Waals surface area contributed by atoms with E-state index in [9.17, 15) is 1.37 Å². The average Bonchev–Trinajstić information content (AvgIpc) is 3.40. The van der Waals surface area contributed by atoms with Crippen LogP contribution < -0.4 is 4.57 Å². The Kier molecular flexibility index (Phi) is 5.81. The molecule has 3 heteroatoms. The predicted octanol–water partition coefficient (Wildman–Crippen LogP) is 10.4. The van der Waals surface area contributed by atoms with E-state index in [2.05, 4.69) is 6.07 Å². The lowest BCUT2D eigenvalue weighted by molar-refractivity contribution is -0.660. The van der Waals surface area contributed by atoms with E-state index in [0.29, 0.717) is 41.1 Å². The second-order valence-corrected chi connectivity index (χ2v) is 12.3. The van der Waals surface area contributed by atoms with Crippen LogP contribution >= 0.6 is 0 Å². The van der Waals surface area contributed by atoms with E-state index in [1.165, 1.54) is 38.2 Å². The zero-order chi connectivity index (χ0) is 31.5. The molecule has 2 aromatic heterocycles. The number of rotatable bonds is 4. The van der Waals surface area contributed by atoms with Crippen molar-refractivity contribution in [2.45, 2.75) is 77.5 Å². The minimum absolute atomic E-state index is 0.145. The van der Waals surface area contributed by atoms with Gasteiger partial charge in [0, 0.05) is 28.4 Å². The van der Waals surface area contributed by atoms with Crippen molar-refractivity contribution in [3.05, 3.63) is 89.4 Å². The molecule has 0 spiro atoms. The molecule has 2 aliphatic carbocycles. The second-order valence-electron chi connectivity index (χ2n) is 12.3. The molecule has 0 bridgehead atoms. The summed E-state index contributed by atoms with van der Waals surface area (Å²) in [6.45, 7) is -0.401. The smallest absolute Gasteiger partial charge is 0.216 e. The van der Waals surface area contributed by atoms with Crippen LogP contribution in [-0.4, -0.2) is 0 Å². The number of hydrogen-bond acceptors (Lipinski definition) is 1. The van der Waals surface area contributed by atoms with Crippen LogP contribution in [-0.2, 0) is 7.05 Å². The van der Waals surface area contributed by atoms with Crippen molar-refractivity contribution in [3.63, 3.8) is 0 Å². The van der Waals surface area contributed by atoms with Crippen LogP contribution in [0.15, 0.2) is 71.3 Å². The summed E-state index contributed by atoms with van der Waals surface area (Å²) < 4.78 is 59.4. The molecular weight excluding hydrogens is 505 g/mol. The average molecular weight is 551 g/mol. The minimum atomic E-state index is -2.44. The van der Waals surface area contributed by atoms with Gasteiger partial charge in [0.1, 0.15) is 24.0 Å². The number of halogens is 1. The zero-order valence-electron chi connectivity index (χ0n) is 28.1. The van der Waals surface area contributed by atoms with E-state index in [0.717, 1.165) is 46.4 Å². The van der Waals surface area contributed by atoms with Crippen molar-refractivity contribution in [2.75, 3.05) is 0 Å². The molecule has 0 radical (unpaired) electrons. The summed E-state index contributed by atoms with van der Waals surface area (Å²) in [4.78, 5) is 0. The molecule has 0 aliphatic heterocycles. The molecule has 0 saturated heterocycles. The lowest BCUT2D eigenvalue weighted by Gasteiger charge is -2.36. The van der Waals surface area contributed by atoms with Crippen LogP contribution in [0.4, 0.5) is 4.39 Å². The standard InChI is InChI=1S/C38H41FNO/c1-24-12-18-31-32-20-21-33(39)36(38(32)41-37(31)35(24)34-11-7-8-22-40(34)3)29-17-19-30(25(2)23-29)28-15-13-27(14-16-28)26-9-5-4-6-10-26/h7-8,11-12,17-23,26-28H,4-6,9-10,13-16H2,1-3H3/q+1/i2D3,28D. The molecule has 0 amide bonds. The normalized spacial score (nSPS) is 23.7. The van der Waals surface area contributed by atoms with Crippen molar-refractivity contribution in [1.82, 2.24) is 0 Å². The molecule has 0 atom stereocenters. The van der Waals surface area contributed by atoms with Gasteiger partial charge in [0.15, 0.2) is 6.20 Å². The van der Waals surface area contributed by atoms with Crippen LogP contribution in [0.3, 0.4) is 0 Å². The van der Waals surface area contributed by atoms with E-state index in [4.69, 9.17) is 8.53 Å². The van der Waals surface area contributed by atoms with Gasteiger partial charge >= 0.3 is 0 Å². The SMILES string of the molecule is [2H]C([2H])([2H])c1cc(-c2c(F)ccc3c2oc2c(-c4cccc[n+]4C)c(C)ccc23)ccc1C1([2H])CCC(C2CCCCC2)CC1. The highest BCUT2D eigenvalue weighted by Gasteiger charge is 2.30. The third-order valence-corrected chi connectivity index (χ3v) is 9.92. The van der Waals surface area contributed by atoms with Gasteiger partial charge in [-0.1, -0.05) is 62.4 Å². The Hall–Kier alpha value is -3.46. The number of aryl methyl sites for hydroxylation is 3. The summed E-state index contributed by atoms with van der Waals surface area (Å²) in [6.07, 6.45) is 11.7. The Bertz CT molecular complexity index is 1890. The van der Waals surface area contributed by atoms with Gasteiger partial charge in [0.05, 0.1) is 11.1 Å². The van der Waals surface area contributed by atoms with E-state index >= 15 is 4.39 Å². The third-order valence-electron chi connectivity index (χ3n) is 9.92. The number of fused-ring (bicyclic) bond motifs is 3. The molecule has 2 aliphatic rings. The number of aromatic nitrogens is 1. The van der Waals surface area contributed by atoms with E-state index in [1.54, 1.807) is 24.3 Å². The summed E-state index contributed by atoms with van der Waals surface area (Å²) in [6, 6.07) is 18.4. The molecule has 5 aromatic rings. The number of furan rings is 1. The van der Waals surface area contributed by atoms with Gasteiger partial charge in [-0.15, -0.1) is 0 Å². The summed E-state index contributed by atoms with van der Waals surface area (Å²) in [7, 11) is 1.99. The highest BCUT2D eigenvalue weighted by Crippen LogP contribution is 2.45. The Morgan fingerprint density at radius 3 is 2.29 bits per heavy atom. The van der Waals surface area contributed by atoms with Gasteiger partial charge in [-0.05, 0) is 97.6 Å². The summed E-state index contributed by atoms with van der Waals surface area (Å²) in [5, 5.41) is 1.65. The molecule has 3 aromatic carbocycles. The van der Waals surface area contributed by atoms with Gasteiger partial charge < -0.3 is 4.42 Å². The van der Waals surface area contributed by atoms with Crippen molar-refractivity contribution in [2.24, 2.45) is 18.9 Å². The fraction of sp³-hybridized carbons (Fsp3) is 0.395. The molecule has 2 heterocycles. The largest absolute Gasteiger partial charge is 0.454 e. The Morgan fingerprint density at radius 1 is 0.805 bits per heavy atom. The highest BCUT2D eigenvalue weighted by molar-refractivity contribution is 6.13. The first kappa shape index (κ1) is 22.2. The van der Waals surface area contributed by atoms with Crippen molar-refractivity contribution >= 4 is 21.9 Å². The van der Waals surface area contributed by atoms with Crippen LogP contribution in [0.2, 0.25) is 0 Å². The Labute approximate surface area is 248 Å². The second kappa shape index (κ2) is 10.7. The zero-order valence-corrected chi connectivity index (χ0v) is 24.1. The number of pyridine rings is 1. The van der Waals surface area contributed by atoms with Gasteiger partial charge in [-0.2, -0.15) is 0 Å². The molecule has 41 heavy (non-hydrogen) atoms. The van der Waals surface area contributed by atoms with Gasteiger partial charge in [-0.3, -0.25) is 0 Å². The van der Waals surface area contributed by atoms with Crippen LogP contribution in [0.5, 0.6) is 0 Å². The van der Waals surface area contributed by atoms with Crippen LogP contribution in [0.25, 0.3) is 44.3 Å². The van der Waals surface area contributed by atoms with Crippen molar-refractivity contribution < 1.29 is 18.9 Å². The van der Waals surface area contributed by atoms with Crippen LogP contribution in [0, 0.1) is 31.4 Å². The predicted molar refractivity (Wildman–Crippen MR) is 166 cm³/mol. The fourth-order valence-electron chi connectivity index (χ4n) is 7.69. The minimum Gasteiger partial charge on any atom is -0.454 e. The number of benzene rings is 3. The number of hydrogen-bond donors (Lipinski definition) is 0. The first-order valence-corrected chi connectivity index (χ1v) is 15.3. The fourth-order valence-corrected chi connectivity index (χ4v) is 7.69. The van der Waals surface area contributed by atoms with E-state index in [-0.39, 0.29) is 11.1 Å². The number of nitrogens with zero attached hydrogens (tertiary/aromatic N) is 1. The van der Waals surface area contributed by atoms with Gasteiger partial charge in [-0.25, -0.2) is 8.96 Å². The molecule has 2 saturated carbocycles. The molecular formula is C38H41FNO+. The molecule has 7 rings (SSSR count). The highest BCUT2D eigenvalue weighted by atomic mass is 19.1. The maximum absolute atomic E-state index is 15.8. The first-order chi connectivity index (χ1) is 21.5. The summed E-state index contributed by atoms with van der Waals surface area (Å²) in [5.41, 5.74) is 5.44. The Balaban J connectivity index is 1.33. The van der Waals surface area contributed by atoms with E-state index in [1.807, 2.05) is 49.0 Å². The van der Waals surface area contributed by atoms with Gasteiger partial charge in [0.2, 0.25) is 5.69 Å². The maximum Gasteiger partial charge on any atom is 0.216 e. The monoisotopic (exact) mass is 550 g/mol. The Morgan fingerprint density at radius 2 is 1.54 bits per heavy atom. The van der Waals surface area contributed by atoms with Crippen LogP contribution in [0.1, 0.15) is 85.9 Å². The van der Waals surface area contributed by atoms with Gasteiger partial charge in [0.25, 0.3) is 0 Å².